The average Bonchev–Trinajstić information content (AvgIpc) is 3.10. The first-order chi connectivity index (χ1) is 15.0. The predicted molar refractivity (Wildman–Crippen MR) is 121 cm³/mol. The van der Waals surface area contributed by atoms with E-state index in [1.165, 1.54) is 17.2 Å². The van der Waals surface area contributed by atoms with Crippen molar-refractivity contribution in [3.63, 3.8) is 0 Å². The summed E-state index contributed by atoms with van der Waals surface area (Å²) >= 11 is 1.77. The number of amides is 1. The van der Waals surface area contributed by atoms with Gasteiger partial charge >= 0.3 is 0 Å². The van der Waals surface area contributed by atoms with Gasteiger partial charge in [0.1, 0.15) is 17.2 Å². The Bertz CT molecular complexity index is 1220. The topological polar surface area (TPSA) is 34.0 Å². The van der Waals surface area contributed by atoms with Crippen molar-refractivity contribution in [2.45, 2.75) is 24.1 Å². The number of nitrogens with one attached hydrogen (secondary N) is 1. The number of hydrogen-bond acceptors (Lipinski definition) is 2. The number of aromatic nitrogens is 1. The van der Waals surface area contributed by atoms with Crippen molar-refractivity contribution in [1.82, 2.24) is 9.88 Å². The fourth-order valence-electron chi connectivity index (χ4n) is 3.57. The van der Waals surface area contributed by atoms with Gasteiger partial charge in [-0.2, -0.15) is 0 Å². The lowest BCUT2D eigenvalue weighted by Gasteiger charge is -2.09. The zero-order chi connectivity index (χ0) is 21.8. The first kappa shape index (κ1) is 21.1. The molecule has 0 unspecified atom stereocenters. The maximum absolute atomic E-state index is 13.8. The number of fused-ring (bicyclic) bond motifs is 1. The fourth-order valence-corrected chi connectivity index (χ4v) is 4.60. The van der Waals surface area contributed by atoms with Crippen LogP contribution in [0.25, 0.3) is 10.9 Å². The molecule has 4 aromatic rings. The number of aryl methyl sites for hydroxylation is 1. The molecular weight excluding hydrogens is 414 g/mol. The molecule has 1 N–H and O–H groups in total. The predicted octanol–water partition coefficient (Wildman–Crippen LogP) is 5.95. The summed E-state index contributed by atoms with van der Waals surface area (Å²) < 4.78 is 29.7. The molecule has 0 aliphatic rings. The van der Waals surface area contributed by atoms with Crippen molar-refractivity contribution in [1.29, 1.82) is 0 Å². The Morgan fingerprint density at radius 3 is 2.52 bits per heavy atom. The molecule has 0 bridgehead atoms. The molecule has 0 radical (unpaired) electrons. The molecular formula is C25H22F2N2OS. The van der Waals surface area contributed by atoms with Crippen molar-refractivity contribution < 1.29 is 13.6 Å². The Morgan fingerprint density at radius 1 is 1.00 bits per heavy atom. The van der Waals surface area contributed by atoms with Crippen molar-refractivity contribution in [2.75, 3.05) is 6.54 Å². The molecule has 0 saturated carbocycles. The SMILES string of the molecule is Cc1cccc(CSc2cn(CCNC(=O)c3c(F)cccc3F)c3ccccc23)c1. The van der Waals surface area contributed by atoms with Gasteiger partial charge in [-0.15, -0.1) is 11.8 Å². The van der Waals surface area contributed by atoms with Crippen LogP contribution in [-0.4, -0.2) is 17.0 Å². The number of thioether (sulfide) groups is 1. The third kappa shape index (κ3) is 4.80. The maximum Gasteiger partial charge on any atom is 0.257 e. The lowest BCUT2D eigenvalue weighted by Crippen LogP contribution is -2.28. The molecule has 0 fully saturated rings. The van der Waals surface area contributed by atoms with Crippen LogP contribution in [0.3, 0.4) is 0 Å². The Labute approximate surface area is 184 Å². The third-order valence-electron chi connectivity index (χ3n) is 5.06. The van der Waals surface area contributed by atoms with Crippen LogP contribution < -0.4 is 5.32 Å². The third-order valence-corrected chi connectivity index (χ3v) is 6.17. The monoisotopic (exact) mass is 436 g/mol. The quantitative estimate of drug-likeness (QED) is 0.363. The van der Waals surface area contributed by atoms with Gasteiger partial charge in [0.15, 0.2) is 0 Å². The van der Waals surface area contributed by atoms with E-state index in [1.807, 2.05) is 18.2 Å². The van der Waals surface area contributed by atoms with Crippen molar-refractivity contribution in [2.24, 2.45) is 0 Å². The zero-order valence-corrected chi connectivity index (χ0v) is 17.9. The lowest BCUT2D eigenvalue weighted by atomic mass is 10.2. The molecule has 3 aromatic carbocycles. The minimum Gasteiger partial charge on any atom is -0.350 e. The van der Waals surface area contributed by atoms with Crippen LogP contribution in [0.1, 0.15) is 21.5 Å². The minimum atomic E-state index is -0.862. The standard InChI is InChI=1S/C25H22F2N2OS/c1-17-6-4-7-18(14-17)16-31-23-15-29(22-11-3-2-8-19(22)23)13-12-28-25(30)24-20(26)9-5-10-21(24)27/h2-11,14-15H,12-13,16H2,1H3,(H,28,30). The molecule has 158 valence electrons. The summed E-state index contributed by atoms with van der Waals surface area (Å²) in [6.45, 7) is 2.84. The first-order valence-corrected chi connectivity index (χ1v) is 11.0. The number of carbonyl (C=O) groups excluding carboxylic acids is 1. The number of rotatable bonds is 7. The highest BCUT2D eigenvalue weighted by Gasteiger charge is 2.16. The Morgan fingerprint density at radius 2 is 1.74 bits per heavy atom. The number of hydrogen-bond donors (Lipinski definition) is 1. The van der Waals surface area contributed by atoms with Gasteiger partial charge in [0.25, 0.3) is 5.91 Å². The molecule has 0 aliphatic heterocycles. The molecule has 6 heteroatoms. The molecule has 31 heavy (non-hydrogen) atoms. The number of halogens is 2. The summed E-state index contributed by atoms with van der Waals surface area (Å²) in [5.41, 5.74) is 3.01. The van der Waals surface area contributed by atoms with E-state index in [-0.39, 0.29) is 6.54 Å². The Kier molecular flexibility index (Phi) is 6.37. The fraction of sp³-hybridized carbons (Fsp3) is 0.160. The summed E-state index contributed by atoms with van der Waals surface area (Å²) in [6.07, 6.45) is 2.07. The number of benzene rings is 3. The minimum absolute atomic E-state index is 0.257. The van der Waals surface area contributed by atoms with Crippen molar-refractivity contribution in [3.05, 3.63) is 101 Å². The number of carbonyl (C=O) groups is 1. The molecule has 0 saturated heterocycles. The first-order valence-electron chi connectivity index (χ1n) is 10.0. The summed E-state index contributed by atoms with van der Waals surface area (Å²) in [7, 11) is 0. The Balaban J connectivity index is 1.46. The second-order valence-corrected chi connectivity index (χ2v) is 8.35. The van der Waals surface area contributed by atoms with Crippen LogP contribution >= 0.6 is 11.8 Å². The zero-order valence-electron chi connectivity index (χ0n) is 17.1. The van der Waals surface area contributed by atoms with Gasteiger partial charge in [-0.25, -0.2) is 8.78 Å². The van der Waals surface area contributed by atoms with Crippen LogP contribution in [-0.2, 0) is 12.3 Å². The molecule has 3 nitrogen and oxygen atoms in total. The average molecular weight is 437 g/mol. The summed E-state index contributed by atoms with van der Waals surface area (Å²) in [6, 6.07) is 19.9. The molecule has 0 spiro atoms. The molecule has 1 heterocycles. The van der Waals surface area contributed by atoms with Gasteiger partial charge in [-0.3, -0.25) is 4.79 Å². The highest BCUT2D eigenvalue weighted by molar-refractivity contribution is 7.98. The van der Waals surface area contributed by atoms with E-state index in [1.54, 1.807) is 11.8 Å². The molecule has 1 amide bonds. The highest BCUT2D eigenvalue weighted by atomic mass is 32.2. The lowest BCUT2D eigenvalue weighted by molar-refractivity contribution is 0.0944. The van der Waals surface area contributed by atoms with E-state index < -0.39 is 23.1 Å². The van der Waals surface area contributed by atoms with Gasteiger partial charge in [-0.05, 0) is 30.7 Å². The van der Waals surface area contributed by atoms with Gasteiger partial charge in [0.05, 0.1) is 0 Å². The number of para-hydroxylation sites is 1. The van der Waals surface area contributed by atoms with E-state index in [2.05, 4.69) is 53.3 Å². The van der Waals surface area contributed by atoms with E-state index in [4.69, 9.17) is 0 Å². The number of nitrogens with zero attached hydrogens (tertiary/aromatic N) is 1. The van der Waals surface area contributed by atoms with Crippen LogP contribution in [0.15, 0.2) is 77.8 Å². The normalized spacial score (nSPS) is 11.1. The second-order valence-electron chi connectivity index (χ2n) is 7.33. The van der Waals surface area contributed by atoms with E-state index >= 15 is 0 Å². The smallest absolute Gasteiger partial charge is 0.257 e. The molecule has 0 aliphatic carbocycles. The summed E-state index contributed by atoms with van der Waals surface area (Å²) in [4.78, 5) is 13.4. The van der Waals surface area contributed by atoms with Crippen LogP contribution in [0, 0.1) is 18.6 Å². The summed E-state index contributed by atoms with van der Waals surface area (Å²) in [5, 5.41) is 3.77. The Hall–Kier alpha value is -3.12. The highest BCUT2D eigenvalue weighted by Crippen LogP contribution is 2.32. The van der Waals surface area contributed by atoms with Crippen molar-refractivity contribution >= 4 is 28.6 Å². The van der Waals surface area contributed by atoms with Crippen LogP contribution in [0.5, 0.6) is 0 Å². The largest absolute Gasteiger partial charge is 0.350 e. The second kappa shape index (κ2) is 9.35. The van der Waals surface area contributed by atoms with E-state index in [0.717, 1.165) is 33.7 Å². The van der Waals surface area contributed by atoms with Gasteiger partial charge < -0.3 is 9.88 Å². The van der Waals surface area contributed by atoms with Gasteiger partial charge in [-0.1, -0.05) is 54.1 Å². The van der Waals surface area contributed by atoms with Crippen LogP contribution in [0.4, 0.5) is 8.78 Å². The molecule has 0 atom stereocenters. The van der Waals surface area contributed by atoms with Gasteiger partial charge in [0, 0.05) is 40.8 Å². The van der Waals surface area contributed by atoms with Crippen LogP contribution in [0.2, 0.25) is 0 Å². The van der Waals surface area contributed by atoms with E-state index in [0.29, 0.717) is 6.54 Å². The molecule has 4 rings (SSSR count). The van der Waals surface area contributed by atoms with Gasteiger partial charge in [0.2, 0.25) is 0 Å². The van der Waals surface area contributed by atoms with Crippen molar-refractivity contribution in [3.8, 4) is 0 Å². The maximum atomic E-state index is 13.8. The summed E-state index contributed by atoms with van der Waals surface area (Å²) in [5.74, 6) is -1.61. The molecule has 1 aromatic heterocycles. The van der Waals surface area contributed by atoms with E-state index in [9.17, 15) is 13.6 Å².